The Morgan fingerprint density at radius 1 is 1.50 bits per heavy atom. The molecule has 1 fully saturated rings. The number of carbonyl (C=O) groups is 1. The van der Waals surface area contributed by atoms with Crippen molar-refractivity contribution in [3.63, 3.8) is 0 Å². The summed E-state index contributed by atoms with van der Waals surface area (Å²) in [7, 11) is 1.37. The summed E-state index contributed by atoms with van der Waals surface area (Å²) in [5, 5.41) is 9.38. The summed E-state index contributed by atoms with van der Waals surface area (Å²) < 4.78 is 10.2. The van der Waals surface area contributed by atoms with E-state index in [1.54, 1.807) is 0 Å². The van der Waals surface area contributed by atoms with Crippen molar-refractivity contribution in [2.24, 2.45) is 0 Å². The van der Waals surface area contributed by atoms with Crippen LogP contribution >= 0.6 is 0 Å². The first-order valence-corrected chi connectivity index (χ1v) is 7.39. The third-order valence-corrected chi connectivity index (χ3v) is 3.98. The van der Waals surface area contributed by atoms with Gasteiger partial charge in [0.1, 0.15) is 0 Å². The van der Waals surface area contributed by atoms with Gasteiger partial charge < -0.3 is 9.47 Å². The van der Waals surface area contributed by atoms with E-state index in [0.29, 0.717) is 19.7 Å². The molecule has 1 atom stereocenters. The van der Waals surface area contributed by atoms with Crippen molar-refractivity contribution in [1.29, 1.82) is 5.26 Å². The third-order valence-electron chi connectivity index (χ3n) is 3.98. The lowest BCUT2D eigenvalue weighted by atomic mass is 9.83. The average molecular weight is 302 g/mol. The fraction of sp³-hybridized carbons (Fsp3) is 0.529. The van der Waals surface area contributed by atoms with Gasteiger partial charge in [0.05, 0.1) is 25.2 Å². The highest BCUT2D eigenvalue weighted by molar-refractivity contribution is 5.74. The van der Waals surface area contributed by atoms with Crippen LogP contribution in [0.15, 0.2) is 24.3 Å². The quantitative estimate of drug-likeness (QED) is 0.794. The number of hydrogen-bond donors (Lipinski definition) is 0. The van der Waals surface area contributed by atoms with Gasteiger partial charge in [0.25, 0.3) is 0 Å². The van der Waals surface area contributed by atoms with Crippen LogP contribution in [0.3, 0.4) is 0 Å². The predicted molar refractivity (Wildman–Crippen MR) is 82.1 cm³/mol. The minimum Gasteiger partial charge on any atom is -0.467 e. The fourth-order valence-electron chi connectivity index (χ4n) is 2.69. The lowest BCUT2D eigenvalue weighted by Gasteiger charge is -2.32. The summed E-state index contributed by atoms with van der Waals surface area (Å²) in [5.41, 5.74) is 1.60. The Labute approximate surface area is 131 Å². The molecule has 118 valence electrons. The van der Waals surface area contributed by atoms with Gasteiger partial charge in [-0.25, -0.2) is 4.79 Å². The average Bonchev–Trinajstić information content (AvgIpc) is 2.54. The normalized spacial score (nSPS) is 19.5. The highest BCUT2D eigenvalue weighted by atomic mass is 16.6. The van der Waals surface area contributed by atoms with Gasteiger partial charge in [-0.05, 0) is 25.0 Å². The Bertz CT molecular complexity index is 578. The zero-order valence-electron chi connectivity index (χ0n) is 13.3. The molecule has 22 heavy (non-hydrogen) atoms. The van der Waals surface area contributed by atoms with Crippen molar-refractivity contribution in [3.05, 3.63) is 35.4 Å². The Hall–Kier alpha value is -1.90. The van der Waals surface area contributed by atoms with E-state index in [9.17, 15) is 10.1 Å². The third kappa shape index (κ3) is 3.65. The standard InChI is InChI=1S/C17H22N2O3/c1-17(2,12-18)14-7-5-4-6-13(14)10-19-8-9-22-15(11-19)16(20)21-3/h4-7,15H,8-11H2,1-3H3/t15-/m1/s1. The molecule has 5 heteroatoms. The number of carbonyl (C=O) groups excluding carboxylic acids is 1. The molecule has 5 nitrogen and oxygen atoms in total. The molecule has 1 aromatic carbocycles. The number of esters is 1. The molecule has 1 saturated heterocycles. The van der Waals surface area contributed by atoms with Gasteiger partial charge in [-0.2, -0.15) is 5.26 Å². The molecular weight excluding hydrogens is 280 g/mol. The molecule has 0 spiro atoms. The van der Waals surface area contributed by atoms with E-state index in [1.807, 2.05) is 38.1 Å². The highest BCUT2D eigenvalue weighted by Crippen LogP contribution is 2.27. The summed E-state index contributed by atoms with van der Waals surface area (Å²) in [6, 6.07) is 10.3. The highest BCUT2D eigenvalue weighted by Gasteiger charge is 2.29. The molecular formula is C17H22N2O3. The molecule has 1 aromatic rings. The molecule has 0 aliphatic carbocycles. The van der Waals surface area contributed by atoms with E-state index in [2.05, 4.69) is 11.0 Å². The number of morpholine rings is 1. The smallest absolute Gasteiger partial charge is 0.336 e. The van der Waals surface area contributed by atoms with Crippen molar-refractivity contribution in [3.8, 4) is 6.07 Å². The summed E-state index contributed by atoms with van der Waals surface area (Å²) in [5.74, 6) is -0.338. The van der Waals surface area contributed by atoms with Crippen LogP contribution in [0.25, 0.3) is 0 Å². The van der Waals surface area contributed by atoms with Crippen molar-refractivity contribution in [1.82, 2.24) is 4.90 Å². The largest absolute Gasteiger partial charge is 0.467 e. The summed E-state index contributed by atoms with van der Waals surface area (Å²) in [6.45, 7) is 6.30. The van der Waals surface area contributed by atoms with Crippen LogP contribution in [0, 0.1) is 11.3 Å². The molecule has 1 heterocycles. The van der Waals surface area contributed by atoms with Crippen LogP contribution in [0.2, 0.25) is 0 Å². The maximum absolute atomic E-state index is 11.6. The predicted octanol–water partition coefficient (Wildman–Crippen LogP) is 1.86. The Morgan fingerprint density at radius 2 is 2.23 bits per heavy atom. The van der Waals surface area contributed by atoms with E-state index in [1.165, 1.54) is 7.11 Å². The SMILES string of the molecule is COC(=O)[C@H]1CN(Cc2ccccc2C(C)(C)C#N)CCO1. The van der Waals surface area contributed by atoms with Crippen molar-refractivity contribution in [2.45, 2.75) is 31.9 Å². The molecule has 0 saturated carbocycles. The topological polar surface area (TPSA) is 62.6 Å². The van der Waals surface area contributed by atoms with E-state index < -0.39 is 11.5 Å². The zero-order chi connectivity index (χ0) is 16.2. The monoisotopic (exact) mass is 302 g/mol. The first kappa shape index (κ1) is 16.5. The lowest BCUT2D eigenvalue weighted by molar-refractivity contribution is -0.160. The molecule has 0 N–H and O–H groups in total. The maximum atomic E-state index is 11.6. The molecule has 1 aliphatic heterocycles. The minimum atomic E-state index is -0.537. The van der Waals surface area contributed by atoms with Crippen molar-refractivity contribution >= 4 is 5.97 Å². The number of nitrogens with zero attached hydrogens (tertiary/aromatic N) is 2. The lowest BCUT2D eigenvalue weighted by Crippen LogP contribution is -2.46. The van der Waals surface area contributed by atoms with Crippen LogP contribution in [0.5, 0.6) is 0 Å². The van der Waals surface area contributed by atoms with Gasteiger partial charge >= 0.3 is 5.97 Å². The van der Waals surface area contributed by atoms with Crippen molar-refractivity contribution in [2.75, 3.05) is 26.8 Å². The maximum Gasteiger partial charge on any atom is 0.336 e. The zero-order valence-corrected chi connectivity index (χ0v) is 13.3. The van der Waals surface area contributed by atoms with Crippen LogP contribution in [0.4, 0.5) is 0 Å². The first-order chi connectivity index (χ1) is 10.5. The second-order valence-corrected chi connectivity index (χ2v) is 6.01. The van der Waals surface area contributed by atoms with Crippen LogP contribution in [0.1, 0.15) is 25.0 Å². The minimum absolute atomic E-state index is 0.338. The Kier molecular flexibility index (Phi) is 5.17. The number of methoxy groups -OCH3 is 1. The molecule has 0 bridgehead atoms. The van der Waals surface area contributed by atoms with Crippen molar-refractivity contribution < 1.29 is 14.3 Å². The van der Waals surface area contributed by atoms with Gasteiger partial charge in [-0.1, -0.05) is 24.3 Å². The number of ether oxygens (including phenoxy) is 2. The summed E-state index contributed by atoms with van der Waals surface area (Å²) >= 11 is 0. The molecule has 0 aromatic heterocycles. The second-order valence-electron chi connectivity index (χ2n) is 6.01. The summed E-state index contributed by atoms with van der Waals surface area (Å²) in [4.78, 5) is 13.8. The molecule has 1 aliphatic rings. The fourth-order valence-corrected chi connectivity index (χ4v) is 2.69. The van der Waals surface area contributed by atoms with E-state index in [-0.39, 0.29) is 5.97 Å². The van der Waals surface area contributed by atoms with E-state index in [0.717, 1.165) is 17.7 Å². The van der Waals surface area contributed by atoms with Gasteiger partial charge in [0.15, 0.2) is 6.10 Å². The number of hydrogen-bond acceptors (Lipinski definition) is 5. The molecule has 0 amide bonds. The van der Waals surface area contributed by atoms with E-state index in [4.69, 9.17) is 9.47 Å². The molecule has 0 unspecified atom stereocenters. The molecule has 2 rings (SSSR count). The van der Waals surface area contributed by atoms with Gasteiger partial charge in [0, 0.05) is 19.6 Å². The number of nitriles is 1. The van der Waals surface area contributed by atoms with Gasteiger partial charge in [-0.3, -0.25) is 4.90 Å². The Morgan fingerprint density at radius 3 is 2.91 bits per heavy atom. The van der Waals surface area contributed by atoms with Crippen LogP contribution < -0.4 is 0 Å². The van der Waals surface area contributed by atoms with Crippen LogP contribution in [-0.4, -0.2) is 43.8 Å². The number of rotatable bonds is 4. The van der Waals surface area contributed by atoms with Crippen LogP contribution in [-0.2, 0) is 26.2 Å². The first-order valence-electron chi connectivity index (χ1n) is 7.39. The van der Waals surface area contributed by atoms with Gasteiger partial charge in [-0.15, -0.1) is 0 Å². The van der Waals surface area contributed by atoms with E-state index >= 15 is 0 Å². The molecule has 0 radical (unpaired) electrons. The second kappa shape index (κ2) is 6.91. The number of benzene rings is 1. The summed E-state index contributed by atoms with van der Waals surface area (Å²) in [6.07, 6.45) is -0.533. The van der Waals surface area contributed by atoms with Gasteiger partial charge in [0.2, 0.25) is 0 Å². The Balaban J connectivity index is 2.14.